The first-order chi connectivity index (χ1) is 10.8. The van der Waals surface area contributed by atoms with Crippen LogP contribution in [-0.2, 0) is 21.4 Å². The molecule has 8 heteroatoms. The van der Waals surface area contributed by atoms with Gasteiger partial charge in [-0.15, -0.1) is 0 Å². The van der Waals surface area contributed by atoms with Gasteiger partial charge in [0.2, 0.25) is 10.0 Å². The number of sulfonamides is 1. The number of carbonyl (C=O) groups excluding carboxylic acids is 1. The fourth-order valence-corrected chi connectivity index (χ4v) is 3.67. The fraction of sp³-hybridized carbons (Fsp3) is 0.133. The van der Waals surface area contributed by atoms with E-state index in [4.69, 9.17) is 23.2 Å². The minimum absolute atomic E-state index is 0.00121. The lowest BCUT2D eigenvalue weighted by molar-refractivity contribution is -0.305. The van der Waals surface area contributed by atoms with Gasteiger partial charge in [-0.3, -0.25) is 0 Å². The maximum atomic E-state index is 12.6. The maximum Gasteiger partial charge on any atom is 0.243 e. The summed E-state index contributed by atoms with van der Waals surface area (Å²) in [5, 5.41) is 11.5. The van der Waals surface area contributed by atoms with Gasteiger partial charge in [0.05, 0.1) is 27.5 Å². The van der Waals surface area contributed by atoms with Crippen LogP contribution in [0, 0.1) is 0 Å². The molecule has 0 fully saturated rings. The van der Waals surface area contributed by atoms with E-state index in [1.165, 1.54) is 24.3 Å². The number of carboxylic acids is 1. The van der Waals surface area contributed by atoms with Crippen LogP contribution in [0.2, 0.25) is 10.0 Å². The molecular weight excluding hydrogens is 361 g/mol. The molecule has 0 saturated heterocycles. The van der Waals surface area contributed by atoms with E-state index in [9.17, 15) is 18.3 Å². The monoisotopic (exact) mass is 372 g/mol. The Morgan fingerprint density at radius 2 is 1.70 bits per heavy atom. The van der Waals surface area contributed by atoms with E-state index >= 15 is 0 Å². The number of aliphatic carboxylic acids is 1. The molecule has 0 amide bonds. The highest BCUT2D eigenvalue weighted by molar-refractivity contribution is 7.89. The van der Waals surface area contributed by atoms with Crippen LogP contribution in [0.25, 0.3) is 0 Å². The van der Waals surface area contributed by atoms with E-state index in [-0.39, 0.29) is 16.5 Å². The molecule has 0 atom stereocenters. The van der Waals surface area contributed by atoms with Crippen LogP contribution in [0.4, 0.5) is 0 Å². The highest BCUT2D eigenvalue weighted by Crippen LogP contribution is 2.24. The Hall–Kier alpha value is -1.60. The third-order valence-corrected chi connectivity index (χ3v) is 5.57. The summed E-state index contributed by atoms with van der Waals surface area (Å²) in [5.74, 6) is -1.50. The number of nitrogens with zero attached hydrogens (tertiary/aromatic N) is 1. The zero-order valence-electron chi connectivity index (χ0n) is 11.8. The number of hydrogen-bond donors (Lipinski definition) is 0. The van der Waals surface area contributed by atoms with Gasteiger partial charge in [0.1, 0.15) is 0 Å². The third kappa shape index (κ3) is 4.45. The van der Waals surface area contributed by atoms with Crippen molar-refractivity contribution in [3.8, 4) is 0 Å². The van der Waals surface area contributed by atoms with Crippen molar-refractivity contribution < 1.29 is 18.3 Å². The van der Waals surface area contributed by atoms with E-state index in [2.05, 4.69) is 0 Å². The minimum Gasteiger partial charge on any atom is -0.549 e. The second-order valence-corrected chi connectivity index (χ2v) is 7.46. The molecule has 0 unspecified atom stereocenters. The number of hydrogen-bond acceptors (Lipinski definition) is 4. The summed E-state index contributed by atoms with van der Waals surface area (Å²) in [7, 11) is -3.98. The molecule has 122 valence electrons. The molecule has 0 heterocycles. The first-order valence-electron chi connectivity index (χ1n) is 6.49. The SMILES string of the molecule is O=C([O-])CN(Cc1ccc(Cl)c(Cl)c1)S(=O)(=O)c1ccccc1. The van der Waals surface area contributed by atoms with Gasteiger partial charge in [-0.2, -0.15) is 4.31 Å². The smallest absolute Gasteiger partial charge is 0.243 e. The van der Waals surface area contributed by atoms with Crippen LogP contribution in [0.5, 0.6) is 0 Å². The Morgan fingerprint density at radius 1 is 1.04 bits per heavy atom. The van der Waals surface area contributed by atoms with Crippen LogP contribution < -0.4 is 5.11 Å². The Balaban J connectivity index is 2.37. The van der Waals surface area contributed by atoms with Gasteiger partial charge in [-0.1, -0.05) is 47.5 Å². The van der Waals surface area contributed by atoms with E-state index in [0.29, 0.717) is 10.6 Å². The van der Waals surface area contributed by atoms with Crippen LogP contribution in [0.1, 0.15) is 5.56 Å². The summed E-state index contributed by atoms with van der Waals surface area (Å²) < 4.78 is 26.0. The quantitative estimate of drug-likeness (QED) is 0.775. The number of rotatable bonds is 6. The van der Waals surface area contributed by atoms with Crippen molar-refractivity contribution in [3.05, 3.63) is 64.1 Å². The Labute approximate surface area is 144 Å². The molecule has 0 radical (unpaired) electrons. The molecule has 0 N–H and O–H groups in total. The highest BCUT2D eigenvalue weighted by atomic mass is 35.5. The predicted octanol–water partition coefficient (Wildman–Crippen LogP) is 1.93. The summed E-state index contributed by atoms with van der Waals surface area (Å²) in [6.07, 6.45) is 0. The fourth-order valence-electron chi connectivity index (χ4n) is 1.95. The normalized spacial score (nSPS) is 11.6. The van der Waals surface area contributed by atoms with Gasteiger partial charge in [-0.05, 0) is 29.8 Å². The number of benzene rings is 2. The van der Waals surface area contributed by atoms with Crippen molar-refractivity contribution in [2.45, 2.75) is 11.4 Å². The molecule has 0 spiro atoms. The van der Waals surface area contributed by atoms with Crippen LogP contribution in [-0.4, -0.2) is 25.2 Å². The van der Waals surface area contributed by atoms with Crippen LogP contribution in [0.3, 0.4) is 0 Å². The molecule has 2 rings (SSSR count). The van der Waals surface area contributed by atoms with Gasteiger partial charge in [0.15, 0.2) is 0 Å². The Kier molecular flexibility index (Phi) is 5.64. The van der Waals surface area contributed by atoms with Crippen molar-refractivity contribution in [2.24, 2.45) is 0 Å². The van der Waals surface area contributed by atoms with Gasteiger partial charge in [0, 0.05) is 6.54 Å². The molecule has 5 nitrogen and oxygen atoms in total. The van der Waals surface area contributed by atoms with E-state index < -0.39 is 22.5 Å². The van der Waals surface area contributed by atoms with Crippen LogP contribution >= 0.6 is 23.2 Å². The second kappa shape index (κ2) is 7.31. The zero-order valence-corrected chi connectivity index (χ0v) is 14.1. The molecule has 0 aliphatic carbocycles. The van der Waals surface area contributed by atoms with Crippen molar-refractivity contribution in [1.82, 2.24) is 4.31 Å². The lowest BCUT2D eigenvalue weighted by Crippen LogP contribution is -2.41. The van der Waals surface area contributed by atoms with Gasteiger partial charge in [0.25, 0.3) is 0 Å². The Morgan fingerprint density at radius 3 is 2.26 bits per heavy atom. The molecule has 0 aromatic heterocycles. The number of halogens is 2. The van der Waals surface area contributed by atoms with Crippen molar-refractivity contribution in [2.75, 3.05) is 6.54 Å². The van der Waals surface area contributed by atoms with E-state index in [1.54, 1.807) is 24.3 Å². The lowest BCUT2D eigenvalue weighted by atomic mass is 10.2. The first kappa shape index (κ1) is 17.7. The molecule has 2 aromatic rings. The minimum atomic E-state index is -3.98. The average Bonchev–Trinajstić information content (AvgIpc) is 2.50. The molecule has 0 saturated carbocycles. The van der Waals surface area contributed by atoms with Gasteiger partial charge >= 0.3 is 0 Å². The molecule has 23 heavy (non-hydrogen) atoms. The summed E-state index contributed by atoms with van der Waals surface area (Å²) in [4.78, 5) is 10.9. The van der Waals surface area contributed by atoms with Crippen molar-refractivity contribution in [1.29, 1.82) is 0 Å². The van der Waals surface area contributed by atoms with Crippen molar-refractivity contribution >= 4 is 39.2 Å². The van der Waals surface area contributed by atoms with E-state index in [1.807, 2.05) is 0 Å². The summed E-state index contributed by atoms with van der Waals surface area (Å²) in [6, 6.07) is 12.2. The average molecular weight is 373 g/mol. The lowest BCUT2D eigenvalue weighted by Gasteiger charge is -2.23. The summed E-state index contributed by atoms with van der Waals surface area (Å²) in [6.45, 7) is -0.931. The highest BCUT2D eigenvalue weighted by Gasteiger charge is 2.24. The zero-order chi connectivity index (χ0) is 17.0. The second-order valence-electron chi connectivity index (χ2n) is 4.71. The standard InChI is InChI=1S/C15H13Cl2NO4S/c16-13-7-6-11(8-14(13)17)9-18(10-15(19)20)23(21,22)12-4-2-1-3-5-12/h1-8H,9-10H2,(H,19,20)/p-1. The van der Waals surface area contributed by atoms with Gasteiger partial charge < -0.3 is 9.90 Å². The number of carbonyl (C=O) groups is 1. The number of carboxylic acid groups (broad SMARTS) is 1. The predicted molar refractivity (Wildman–Crippen MR) is 85.5 cm³/mol. The topological polar surface area (TPSA) is 77.5 Å². The van der Waals surface area contributed by atoms with E-state index in [0.717, 1.165) is 4.31 Å². The largest absolute Gasteiger partial charge is 0.549 e. The van der Waals surface area contributed by atoms with Crippen molar-refractivity contribution in [3.63, 3.8) is 0 Å². The van der Waals surface area contributed by atoms with Gasteiger partial charge in [-0.25, -0.2) is 8.42 Å². The molecule has 2 aromatic carbocycles. The first-order valence-corrected chi connectivity index (χ1v) is 8.69. The third-order valence-electron chi connectivity index (χ3n) is 3.03. The molecule has 0 aliphatic rings. The van der Waals surface area contributed by atoms with Crippen LogP contribution in [0.15, 0.2) is 53.4 Å². The molecular formula is C15H12Cl2NO4S-. The summed E-state index contributed by atoms with van der Waals surface area (Å²) in [5.41, 5.74) is 0.514. The Bertz CT molecular complexity index is 809. The molecule has 0 aliphatic heterocycles. The maximum absolute atomic E-state index is 12.6. The summed E-state index contributed by atoms with van der Waals surface area (Å²) >= 11 is 11.7. The molecule has 0 bridgehead atoms.